The number of carbonyl (C=O) groups is 1. The van der Waals surface area contributed by atoms with Gasteiger partial charge in [-0.15, -0.1) is 0 Å². The molecule has 0 saturated heterocycles. The molecule has 0 atom stereocenters. The Morgan fingerprint density at radius 2 is 1.90 bits per heavy atom. The van der Waals surface area contributed by atoms with Crippen molar-refractivity contribution in [3.8, 4) is 11.5 Å². The lowest BCUT2D eigenvalue weighted by Crippen LogP contribution is -2.09. The molecule has 0 amide bonds. The smallest absolute Gasteiger partial charge is 0.343 e. The molecule has 0 spiro atoms. The summed E-state index contributed by atoms with van der Waals surface area (Å²) in [7, 11) is 0. The Balaban J connectivity index is 2.12. The van der Waals surface area contributed by atoms with E-state index in [9.17, 15) is 4.79 Å². The Morgan fingerprint density at radius 3 is 2.62 bits per heavy atom. The molecule has 2 rings (SSSR count). The lowest BCUT2D eigenvalue weighted by atomic mass is 10.1. The van der Waals surface area contributed by atoms with Gasteiger partial charge in [0.25, 0.3) is 0 Å². The van der Waals surface area contributed by atoms with Gasteiger partial charge in [0.2, 0.25) is 0 Å². The third-order valence-corrected chi connectivity index (χ3v) is 3.08. The molecule has 0 bridgehead atoms. The van der Waals surface area contributed by atoms with Crippen LogP contribution in [0.3, 0.4) is 0 Å². The van der Waals surface area contributed by atoms with Crippen LogP contribution in [0.15, 0.2) is 42.5 Å². The summed E-state index contributed by atoms with van der Waals surface area (Å²) < 4.78 is 11.0. The van der Waals surface area contributed by atoms with E-state index < -0.39 is 0 Å². The van der Waals surface area contributed by atoms with Crippen LogP contribution in [0.1, 0.15) is 34.8 Å². The number of hydrogen-bond donors (Lipinski definition) is 0. The zero-order valence-corrected chi connectivity index (χ0v) is 12.7. The van der Waals surface area contributed by atoms with E-state index in [2.05, 4.69) is 0 Å². The Hall–Kier alpha value is -2.29. The van der Waals surface area contributed by atoms with Crippen molar-refractivity contribution in [2.45, 2.75) is 27.2 Å². The highest BCUT2D eigenvalue weighted by Crippen LogP contribution is 2.21. The standard InChI is InChI=1S/C18H20O3/c1-4-10-20-16-7-5-6-15(12-16)18(19)21-17-9-8-13(2)11-14(17)3/h5-9,11-12H,4,10H2,1-3H3. The van der Waals surface area contributed by atoms with Crippen molar-refractivity contribution in [3.05, 3.63) is 59.2 Å². The SMILES string of the molecule is CCCOc1cccc(C(=O)Oc2ccc(C)cc2C)c1. The molecule has 0 fully saturated rings. The zero-order chi connectivity index (χ0) is 15.2. The third-order valence-electron chi connectivity index (χ3n) is 3.08. The third kappa shape index (κ3) is 4.09. The first-order chi connectivity index (χ1) is 10.1. The Bertz CT molecular complexity index is 632. The van der Waals surface area contributed by atoms with E-state index in [1.165, 1.54) is 0 Å². The summed E-state index contributed by atoms with van der Waals surface area (Å²) >= 11 is 0. The molecule has 21 heavy (non-hydrogen) atoms. The Morgan fingerprint density at radius 1 is 1.10 bits per heavy atom. The normalized spacial score (nSPS) is 10.2. The van der Waals surface area contributed by atoms with Gasteiger partial charge in [-0.1, -0.05) is 30.7 Å². The molecule has 0 aliphatic heterocycles. The number of ether oxygens (including phenoxy) is 2. The summed E-state index contributed by atoms with van der Waals surface area (Å²) in [6.45, 7) is 6.61. The number of aryl methyl sites for hydroxylation is 2. The highest BCUT2D eigenvalue weighted by atomic mass is 16.5. The predicted octanol–water partition coefficient (Wildman–Crippen LogP) is 4.31. The van der Waals surface area contributed by atoms with Crippen LogP contribution in [0.25, 0.3) is 0 Å². The second-order valence-corrected chi connectivity index (χ2v) is 5.03. The fraction of sp³-hybridized carbons (Fsp3) is 0.278. The molecule has 0 unspecified atom stereocenters. The lowest BCUT2D eigenvalue weighted by molar-refractivity contribution is 0.0733. The maximum Gasteiger partial charge on any atom is 0.343 e. The Labute approximate surface area is 125 Å². The largest absolute Gasteiger partial charge is 0.494 e. The minimum absolute atomic E-state index is 0.371. The van der Waals surface area contributed by atoms with Gasteiger partial charge in [-0.05, 0) is 50.1 Å². The van der Waals surface area contributed by atoms with Crippen molar-refractivity contribution in [1.82, 2.24) is 0 Å². The van der Waals surface area contributed by atoms with Crippen LogP contribution in [0, 0.1) is 13.8 Å². The molecule has 2 aromatic carbocycles. The molecule has 110 valence electrons. The lowest BCUT2D eigenvalue weighted by Gasteiger charge is -2.09. The van der Waals surface area contributed by atoms with Crippen molar-refractivity contribution in [1.29, 1.82) is 0 Å². The van der Waals surface area contributed by atoms with Gasteiger partial charge in [-0.3, -0.25) is 0 Å². The average molecular weight is 284 g/mol. The van der Waals surface area contributed by atoms with Crippen LogP contribution >= 0.6 is 0 Å². The topological polar surface area (TPSA) is 35.5 Å². The summed E-state index contributed by atoms with van der Waals surface area (Å²) in [5, 5.41) is 0. The average Bonchev–Trinajstić information content (AvgIpc) is 2.48. The summed E-state index contributed by atoms with van der Waals surface area (Å²) in [5.74, 6) is 0.904. The van der Waals surface area contributed by atoms with E-state index in [1.54, 1.807) is 18.2 Å². The van der Waals surface area contributed by atoms with Crippen LogP contribution in [-0.2, 0) is 0 Å². The van der Waals surface area contributed by atoms with Gasteiger partial charge in [0.05, 0.1) is 12.2 Å². The van der Waals surface area contributed by atoms with Gasteiger partial charge in [-0.25, -0.2) is 4.79 Å². The predicted molar refractivity (Wildman–Crippen MR) is 83.1 cm³/mol. The van der Waals surface area contributed by atoms with E-state index >= 15 is 0 Å². The summed E-state index contributed by atoms with van der Waals surface area (Å²) in [5.41, 5.74) is 2.58. The molecule has 0 aromatic heterocycles. The molecular weight excluding hydrogens is 264 g/mol. The van der Waals surface area contributed by atoms with Crippen LogP contribution in [0.4, 0.5) is 0 Å². The highest BCUT2D eigenvalue weighted by molar-refractivity contribution is 5.91. The highest BCUT2D eigenvalue weighted by Gasteiger charge is 2.11. The van der Waals surface area contributed by atoms with Crippen LogP contribution in [0.5, 0.6) is 11.5 Å². The molecule has 0 heterocycles. The molecule has 0 radical (unpaired) electrons. The van der Waals surface area contributed by atoms with Gasteiger partial charge < -0.3 is 9.47 Å². The first-order valence-electron chi connectivity index (χ1n) is 7.12. The second kappa shape index (κ2) is 6.93. The Kier molecular flexibility index (Phi) is 4.99. The van der Waals surface area contributed by atoms with Crippen molar-refractivity contribution >= 4 is 5.97 Å². The minimum atomic E-state index is -0.371. The van der Waals surface area contributed by atoms with Crippen molar-refractivity contribution < 1.29 is 14.3 Å². The van der Waals surface area contributed by atoms with E-state index in [0.29, 0.717) is 23.7 Å². The van der Waals surface area contributed by atoms with Crippen LogP contribution < -0.4 is 9.47 Å². The second-order valence-electron chi connectivity index (χ2n) is 5.03. The summed E-state index contributed by atoms with van der Waals surface area (Å²) in [4.78, 5) is 12.2. The van der Waals surface area contributed by atoms with Gasteiger partial charge in [0.1, 0.15) is 11.5 Å². The fourth-order valence-corrected chi connectivity index (χ4v) is 2.01. The van der Waals surface area contributed by atoms with E-state index in [0.717, 1.165) is 17.5 Å². The molecule has 3 nitrogen and oxygen atoms in total. The number of hydrogen-bond acceptors (Lipinski definition) is 3. The number of carbonyl (C=O) groups excluding carboxylic acids is 1. The maximum absolute atomic E-state index is 12.2. The molecule has 3 heteroatoms. The first kappa shape index (κ1) is 15.1. The van der Waals surface area contributed by atoms with Gasteiger partial charge in [0.15, 0.2) is 0 Å². The van der Waals surface area contributed by atoms with Gasteiger partial charge >= 0.3 is 5.97 Å². The molecule has 0 aliphatic rings. The molecular formula is C18H20O3. The number of benzene rings is 2. The molecule has 2 aromatic rings. The summed E-state index contributed by atoms with van der Waals surface area (Å²) in [6, 6.07) is 12.8. The van der Waals surface area contributed by atoms with Crippen molar-refractivity contribution in [2.75, 3.05) is 6.61 Å². The minimum Gasteiger partial charge on any atom is -0.494 e. The molecule has 0 N–H and O–H groups in total. The molecule has 0 saturated carbocycles. The molecule has 0 aliphatic carbocycles. The van der Waals surface area contributed by atoms with E-state index in [4.69, 9.17) is 9.47 Å². The zero-order valence-electron chi connectivity index (χ0n) is 12.7. The van der Waals surface area contributed by atoms with Crippen LogP contribution in [-0.4, -0.2) is 12.6 Å². The number of rotatable bonds is 5. The van der Waals surface area contributed by atoms with E-state index in [1.807, 2.05) is 45.0 Å². The van der Waals surface area contributed by atoms with Gasteiger partial charge in [0, 0.05) is 0 Å². The first-order valence-corrected chi connectivity index (χ1v) is 7.12. The van der Waals surface area contributed by atoms with Crippen molar-refractivity contribution in [2.24, 2.45) is 0 Å². The monoisotopic (exact) mass is 284 g/mol. The maximum atomic E-state index is 12.2. The van der Waals surface area contributed by atoms with E-state index in [-0.39, 0.29) is 5.97 Å². The number of esters is 1. The van der Waals surface area contributed by atoms with Crippen molar-refractivity contribution in [3.63, 3.8) is 0 Å². The quantitative estimate of drug-likeness (QED) is 0.606. The summed E-state index contributed by atoms with van der Waals surface area (Å²) in [6.07, 6.45) is 0.928. The van der Waals surface area contributed by atoms with Gasteiger partial charge in [-0.2, -0.15) is 0 Å². The van der Waals surface area contributed by atoms with Crippen LogP contribution in [0.2, 0.25) is 0 Å². The fourth-order valence-electron chi connectivity index (χ4n) is 2.01.